The van der Waals surface area contributed by atoms with Crippen LogP contribution in [0.1, 0.15) is 37.8 Å². The first-order chi connectivity index (χ1) is 13.1. The number of hydrogen-bond acceptors (Lipinski definition) is 2. The first-order valence-electron chi connectivity index (χ1n) is 9.41. The fourth-order valence-corrected chi connectivity index (χ4v) is 3.21. The van der Waals surface area contributed by atoms with E-state index in [0.717, 1.165) is 17.5 Å². The average molecular weight is 387 g/mol. The summed E-state index contributed by atoms with van der Waals surface area (Å²) in [6.45, 7) is 4.67. The normalized spacial score (nSPS) is 11.7. The van der Waals surface area contributed by atoms with Crippen LogP contribution in [-0.4, -0.2) is 29.3 Å². The van der Waals surface area contributed by atoms with Gasteiger partial charge in [0, 0.05) is 31.0 Å². The highest BCUT2D eigenvalue weighted by Gasteiger charge is 2.29. The molecule has 0 bridgehead atoms. The van der Waals surface area contributed by atoms with Crippen molar-refractivity contribution in [3.05, 3.63) is 70.7 Å². The highest BCUT2D eigenvalue weighted by Crippen LogP contribution is 2.21. The van der Waals surface area contributed by atoms with Gasteiger partial charge in [-0.1, -0.05) is 67.1 Å². The minimum absolute atomic E-state index is 0.0374. The number of amides is 2. The van der Waals surface area contributed by atoms with E-state index >= 15 is 0 Å². The average Bonchev–Trinajstić information content (AvgIpc) is 2.67. The van der Waals surface area contributed by atoms with Crippen molar-refractivity contribution in [2.24, 2.45) is 0 Å². The Hall–Kier alpha value is -2.33. The van der Waals surface area contributed by atoms with Crippen LogP contribution in [0.15, 0.2) is 54.6 Å². The summed E-state index contributed by atoms with van der Waals surface area (Å²) in [6, 6.07) is 16.6. The largest absolute Gasteiger partial charge is 0.355 e. The van der Waals surface area contributed by atoms with Gasteiger partial charge in [-0.2, -0.15) is 0 Å². The maximum atomic E-state index is 12.9. The summed E-state index contributed by atoms with van der Waals surface area (Å²) in [5.74, 6) is -0.178. The number of halogens is 1. The van der Waals surface area contributed by atoms with Crippen molar-refractivity contribution in [1.82, 2.24) is 10.2 Å². The van der Waals surface area contributed by atoms with Gasteiger partial charge in [0.1, 0.15) is 6.04 Å². The molecule has 27 heavy (non-hydrogen) atoms. The molecule has 1 N–H and O–H groups in total. The first kappa shape index (κ1) is 21.0. The van der Waals surface area contributed by atoms with Crippen molar-refractivity contribution in [3.63, 3.8) is 0 Å². The number of carbonyl (C=O) groups excluding carboxylic acids is 2. The topological polar surface area (TPSA) is 49.4 Å². The van der Waals surface area contributed by atoms with Crippen LogP contribution in [0, 0.1) is 0 Å². The predicted octanol–water partition coefficient (Wildman–Crippen LogP) is 4.22. The summed E-state index contributed by atoms with van der Waals surface area (Å²) in [6.07, 6.45) is 1.59. The van der Waals surface area contributed by atoms with Crippen LogP contribution in [-0.2, 0) is 22.6 Å². The van der Waals surface area contributed by atoms with Gasteiger partial charge in [-0.15, -0.1) is 0 Å². The van der Waals surface area contributed by atoms with Gasteiger partial charge in [-0.25, -0.2) is 0 Å². The van der Waals surface area contributed by atoms with Crippen molar-refractivity contribution >= 4 is 23.4 Å². The van der Waals surface area contributed by atoms with Gasteiger partial charge in [0.05, 0.1) is 0 Å². The summed E-state index contributed by atoms with van der Waals surface area (Å²) >= 11 is 6.32. The molecule has 5 heteroatoms. The molecular weight excluding hydrogens is 360 g/mol. The zero-order valence-electron chi connectivity index (χ0n) is 16.0. The molecule has 2 aromatic rings. The molecule has 0 radical (unpaired) electrons. The lowest BCUT2D eigenvalue weighted by Gasteiger charge is -2.31. The number of hydrogen-bond donors (Lipinski definition) is 1. The third-order valence-corrected chi connectivity index (χ3v) is 4.75. The fourth-order valence-electron chi connectivity index (χ4n) is 3.01. The number of nitrogens with zero attached hydrogens (tertiary/aromatic N) is 1. The van der Waals surface area contributed by atoms with E-state index in [9.17, 15) is 9.59 Å². The fraction of sp³-hybridized carbons (Fsp3) is 0.364. The van der Waals surface area contributed by atoms with Gasteiger partial charge in [0.15, 0.2) is 0 Å². The van der Waals surface area contributed by atoms with Crippen LogP contribution in [0.2, 0.25) is 5.02 Å². The Morgan fingerprint density at radius 1 is 1.04 bits per heavy atom. The quantitative estimate of drug-likeness (QED) is 0.701. The van der Waals surface area contributed by atoms with E-state index in [0.29, 0.717) is 31.0 Å². The van der Waals surface area contributed by atoms with E-state index in [1.807, 2.05) is 62.4 Å². The van der Waals surface area contributed by atoms with Gasteiger partial charge >= 0.3 is 0 Å². The zero-order valence-corrected chi connectivity index (χ0v) is 16.7. The lowest BCUT2D eigenvalue weighted by molar-refractivity contribution is -0.141. The van der Waals surface area contributed by atoms with E-state index in [2.05, 4.69) is 5.32 Å². The maximum absolute atomic E-state index is 12.9. The lowest BCUT2D eigenvalue weighted by atomic mass is 10.0. The summed E-state index contributed by atoms with van der Waals surface area (Å²) in [7, 11) is 0. The van der Waals surface area contributed by atoms with Crippen molar-refractivity contribution in [2.75, 3.05) is 6.54 Å². The Balaban J connectivity index is 2.36. The summed E-state index contributed by atoms with van der Waals surface area (Å²) in [4.78, 5) is 27.4. The second-order valence-electron chi connectivity index (χ2n) is 6.46. The molecule has 0 fully saturated rings. The molecule has 0 spiro atoms. The van der Waals surface area contributed by atoms with Crippen molar-refractivity contribution in [1.29, 1.82) is 0 Å². The summed E-state index contributed by atoms with van der Waals surface area (Å²) < 4.78 is 0. The zero-order chi connectivity index (χ0) is 19.6. The van der Waals surface area contributed by atoms with Crippen LogP contribution >= 0.6 is 11.6 Å². The maximum Gasteiger partial charge on any atom is 0.243 e. The molecule has 0 saturated heterocycles. The van der Waals surface area contributed by atoms with E-state index in [1.165, 1.54) is 0 Å². The second kappa shape index (κ2) is 10.7. The van der Waals surface area contributed by atoms with Crippen molar-refractivity contribution in [2.45, 2.75) is 45.7 Å². The molecule has 0 aliphatic carbocycles. The third-order valence-electron chi connectivity index (χ3n) is 4.38. The van der Waals surface area contributed by atoms with E-state index < -0.39 is 6.04 Å². The summed E-state index contributed by atoms with van der Waals surface area (Å²) in [5.41, 5.74) is 1.85. The number of benzene rings is 2. The highest BCUT2D eigenvalue weighted by atomic mass is 35.5. The Bertz CT molecular complexity index is 749. The number of rotatable bonds is 9. The van der Waals surface area contributed by atoms with Crippen LogP contribution in [0.5, 0.6) is 0 Å². The van der Waals surface area contributed by atoms with E-state index in [1.54, 1.807) is 11.0 Å². The minimum atomic E-state index is -0.581. The van der Waals surface area contributed by atoms with E-state index in [4.69, 9.17) is 11.6 Å². The minimum Gasteiger partial charge on any atom is -0.355 e. The van der Waals surface area contributed by atoms with E-state index in [-0.39, 0.29) is 11.8 Å². The molecule has 4 nitrogen and oxygen atoms in total. The van der Waals surface area contributed by atoms with Crippen LogP contribution in [0.3, 0.4) is 0 Å². The van der Waals surface area contributed by atoms with Crippen molar-refractivity contribution in [3.8, 4) is 0 Å². The number of nitrogens with one attached hydrogen (secondary N) is 1. The summed E-state index contributed by atoms with van der Waals surface area (Å²) in [5, 5.41) is 3.48. The Labute approximate surface area is 166 Å². The molecule has 0 aromatic heterocycles. The molecule has 1 atom stereocenters. The molecule has 0 unspecified atom stereocenters. The standard InChI is InChI=1S/C22H27ClN2O2/c1-3-10-21(26)25(16-18-13-8-9-14-19(18)23)20(22(27)24-4-2)15-17-11-6-5-7-12-17/h5-9,11-14,20H,3-4,10,15-16H2,1-2H3,(H,24,27)/t20-/m1/s1. The predicted molar refractivity (Wildman–Crippen MR) is 110 cm³/mol. The SMILES string of the molecule is CCCC(=O)N(Cc1ccccc1Cl)[C@H](Cc1ccccc1)C(=O)NCC. The number of carbonyl (C=O) groups is 2. The molecule has 0 saturated carbocycles. The second-order valence-corrected chi connectivity index (χ2v) is 6.87. The number of likely N-dealkylation sites (N-methyl/N-ethyl adjacent to an activating group) is 1. The van der Waals surface area contributed by atoms with Gasteiger partial charge < -0.3 is 10.2 Å². The lowest BCUT2D eigenvalue weighted by Crippen LogP contribution is -2.50. The van der Waals surface area contributed by atoms with Crippen molar-refractivity contribution < 1.29 is 9.59 Å². The highest BCUT2D eigenvalue weighted by molar-refractivity contribution is 6.31. The Morgan fingerprint density at radius 3 is 2.33 bits per heavy atom. The van der Waals surface area contributed by atoms with Crippen LogP contribution in [0.4, 0.5) is 0 Å². The van der Waals surface area contributed by atoms with Gasteiger partial charge in [0.2, 0.25) is 11.8 Å². The smallest absolute Gasteiger partial charge is 0.243 e. The Kier molecular flexibility index (Phi) is 8.34. The van der Waals surface area contributed by atoms with Gasteiger partial charge in [-0.05, 0) is 30.5 Å². The molecule has 144 valence electrons. The molecule has 0 heterocycles. The molecule has 2 aromatic carbocycles. The van der Waals surface area contributed by atoms with Crippen LogP contribution in [0.25, 0.3) is 0 Å². The first-order valence-corrected chi connectivity index (χ1v) is 9.79. The van der Waals surface area contributed by atoms with Gasteiger partial charge in [-0.3, -0.25) is 9.59 Å². The molecule has 0 aliphatic rings. The van der Waals surface area contributed by atoms with Crippen LogP contribution < -0.4 is 5.32 Å². The molecular formula is C22H27ClN2O2. The Morgan fingerprint density at radius 2 is 1.70 bits per heavy atom. The molecule has 2 amide bonds. The third kappa shape index (κ3) is 6.10. The van der Waals surface area contributed by atoms with Gasteiger partial charge in [0.25, 0.3) is 0 Å². The monoisotopic (exact) mass is 386 g/mol. The molecule has 0 aliphatic heterocycles. The molecule has 2 rings (SSSR count).